The van der Waals surface area contributed by atoms with Gasteiger partial charge in [0.05, 0.1) is 13.0 Å². The molecule has 2 heterocycles. The van der Waals surface area contributed by atoms with Crippen LogP contribution < -0.4 is 0 Å². The van der Waals surface area contributed by atoms with Crippen molar-refractivity contribution in [3.05, 3.63) is 18.5 Å². The Hall–Kier alpha value is -1.40. The first-order valence-electron chi connectivity index (χ1n) is 6.38. The quantitative estimate of drug-likeness (QED) is 0.770. The minimum Gasteiger partial charge on any atom is -0.481 e. The van der Waals surface area contributed by atoms with E-state index in [4.69, 9.17) is 5.11 Å². The number of carbonyl (C=O) groups is 1. The molecule has 2 rings (SSSR count). The van der Waals surface area contributed by atoms with E-state index in [1.807, 2.05) is 16.9 Å². The molecule has 0 aromatic carbocycles. The predicted octanol–water partition coefficient (Wildman–Crippen LogP) is -0.0246. The fraction of sp³-hybridized carbons (Fsp3) is 0.667. The number of carboxylic acids is 1. The predicted molar refractivity (Wildman–Crippen MR) is 67.4 cm³/mol. The molecule has 1 N–H and O–H groups in total. The topological polar surface area (TPSA) is 61.6 Å². The summed E-state index contributed by atoms with van der Waals surface area (Å²) in [5.41, 5.74) is 0. The van der Waals surface area contributed by atoms with Crippen LogP contribution in [0.15, 0.2) is 18.5 Å². The van der Waals surface area contributed by atoms with Gasteiger partial charge in [-0.2, -0.15) is 5.10 Å². The maximum absolute atomic E-state index is 10.5. The summed E-state index contributed by atoms with van der Waals surface area (Å²) in [6.07, 6.45) is 4.01. The largest absolute Gasteiger partial charge is 0.481 e. The average molecular weight is 252 g/mol. The van der Waals surface area contributed by atoms with Crippen molar-refractivity contribution in [1.29, 1.82) is 0 Å². The first-order chi connectivity index (χ1) is 8.74. The van der Waals surface area contributed by atoms with Crippen molar-refractivity contribution in [1.82, 2.24) is 19.6 Å². The zero-order valence-corrected chi connectivity index (χ0v) is 10.5. The monoisotopic (exact) mass is 252 g/mol. The zero-order valence-electron chi connectivity index (χ0n) is 10.5. The summed E-state index contributed by atoms with van der Waals surface area (Å²) in [6.45, 7) is 6.56. The van der Waals surface area contributed by atoms with Gasteiger partial charge in [-0.05, 0) is 6.07 Å². The summed E-state index contributed by atoms with van der Waals surface area (Å²) in [4.78, 5) is 15.1. The average Bonchev–Trinajstić information content (AvgIpc) is 2.88. The van der Waals surface area contributed by atoms with Crippen LogP contribution in [-0.2, 0) is 11.3 Å². The third kappa shape index (κ3) is 4.12. The molecule has 0 bridgehead atoms. The van der Waals surface area contributed by atoms with Crippen molar-refractivity contribution in [3.63, 3.8) is 0 Å². The van der Waals surface area contributed by atoms with Crippen LogP contribution in [0.2, 0.25) is 0 Å². The number of aliphatic carboxylic acids is 1. The molecule has 18 heavy (non-hydrogen) atoms. The van der Waals surface area contributed by atoms with Gasteiger partial charge in [-0.25, -0.2) is 0 Å². The number of piperazine rings is 1. The van der Waals surface area contributed by atoms with Crippen LogP contribution in [0.1, 0.15) is 6.42 Å². The summed E-state index contributed by atoms with van der Waals surface area (Å²) < 4.78 is 1.94. The number of hydrogen-bond acceptors (Lipinski definition) is 4. The summed E-state index contributed by atoms with van der Waals surface area (Å²) >= 11 is 0. The molecule has 1 aromatic rings. The number of nitrogens with zero attached hydrogens (tertiary/aromatic N) is 4. The van der Waals surface area contributed by atoms with Crippen LogP contribution in [0.3, 0.4) is 0 Å². The fourth-order valence-corrected chi connectivity index (χ4v) is 2.17. The SMILES string of the molecule is O=C(O)CCN1CCN(CCn2cccn2)CC1. The van der Waals surface area contributed by atoms with E-state index in [0.717, 1.165) is 39.3 Å². The maximum atomic E-state index is 10.5. The molecule has 1 aliphatic heterocycles. The second-order valence-electron chi connectivity index (χ2n) is 4.60. The lowest BCUT2D eigenvalue weighted by Gasteiger charge is -2.34. The van der Waals surface area contributed by atoms with Crippen LogP contribution in [0.4, 0.5) is 0 Å². The van der Waals surface area contributed by atoms with E-state index in [0.29, 0.717) is 6.54 Å². The Morgan fingerprint density at radius 1 is 1.11 bits per heavy atom. The molecular weight excluding hydrogens is 232 g/mol. The van der Waals surface area contributed by atoms with Crippen molar-refractivity contribution in [2.24, 2.45) is 0 Å². The molecule has 1 aromatic heterocycles. The Bertz CT molecular complexity index is 358. The third-order valence-corrected chi connectivity index (χ3v) is 3.31. The number of carboxylic acid groups (broad SMARTS) is 1. The van der Waals surface area contributed by atoms with Gasteiger partial charge in [-0.15, -0.1) is 0 Å². The molecule has 100 valence electrons. The van der Waals surface area contributed by atoms with Gasteiger partial charge in [0, 0.05) is 51.7 Å². The highest BCUT2D eigenvalue weighted by Gasteiger charge is 2.16. The second-order valence-corrected chi connectivity index (χ2v) is 4.60. The maximum Gasteiger partial charge on any atom is 0.304 e. The van der Waals surface area contributed by atoms with Crippen LogP contribution in [-0.4, -0.2) is 69.9 Å². The molecule has 6 nitrogen and oxygen atoms in total. The van der Waals surface area contributed by atoms with Gasteiger partial charge in [0.25, 0.3) is 0 Å². The normalized spacial score (nSPS) is 18.0. The van der Waals surface area contributed by atoms with Gasteiger partial charge in [-0.3, -0.25) is 14.4 Å². The van der Waals surface area contributed by atoms with Crippen molar-refractivity contribution in [3.8, 4) is 0 Å². The lowest BCUT2D eigenvalue weighted by Crippen LogP contribution is -2.47. The van der Waals surface area contributed by atoms with Gasteiger partial charge >= 0.3 is 5.97 Å². The van der Waals surface area contributed by atoms with Gasteiger partial charge in [-0.1, -0.05) is 0 Å². The van der Waals surface area contributed by atoms with Crippen molar-refractivity contribution in [2.75, 3.05) is 39.3 Å². The fourth-order valence-electron chi connectivity index (χ4n) is 2.17. The van der Waals surface area contributed by atoms with Gasteiger partial charge < -0.3 is 10.0 Å². The zero-order chi connectivity index (χ0) is 12.8. The molecule has 6 heteroatoms. The Labute approximate surface area is 107 Å². The lowest BCUT2D eigenvalue weighted by molar-refractivity contribution is -0.137. The minimum atomic E-state index is -0.712. The molecule has 0 atom stereocenters. The minimum absolute atomic E-state index is 0.243. The van der Waals surface area contributed by atoms with E-state index >= 15 is 0 Å². The first kappa shape index (κ1) is 13.0. The Morgan fingerprint density at radius 3 is 2.33 bits per heavy atom. The highest BCUT2D eigenvalue weighted by atomic mass is 16.4. The summed E-state index contributed by atoms with van der Waals surface area (Å²) in [5, 5.41) is 12.8. The smallest absolute Gasteiger partial charge is 0.304 e. The standard InChI is InChI=1S/C12H20N4O2/c17-12(18)2-5-14-6-8-15(9-7-14)10-11-16-4-1-3-13-16/h1,3-4H,2,5-11H2,(H,17,18). The van der Waals surface area contributed by atoms with E-state index in [2.05, 4.69) is 14.9 Å². The molecule has 1 saturated heterocycles. The second kappa shape index (κ2) is 6.51. The Morgan fingerprint density at radius 2 is 1.78 bits per heavy atom. The Kier molecular flexibility index (Phi) is 4.72. The molecule has 0 unspecified atom stereocenters. The van der Waals surface area contributed by atoms with E-state index in [1.165, 1.54) is 0 Å². The molecule has 1 fully saturated rings. The summed E-state index contributed by atoms with van der Waals surface area (Å²) in [7, 11) is 0. The van der Waals surface area contributed by atoms with E-state index in [1.54, 1.807) is 6.20 Å². The van der Waals surface area contributed by atoms with E-state index < -0.39 is 5.97 Å². The first-order valence-corrected chi connectivity index (χ1v) is 6.38. The van der Waals surface area contributed by atoms with E-state index in [-0.39, 0.29) is 6.42 Å². The molecule has 0 amide bonds. The number of aromatic nitrogens is 2. The number of hydrogen-bond donors (Lipinski definition) is 1. The summed E-state index contributed by atoms with van der Waals surface area (Å²) in [6, 6.07) is 1.93. The van der Waals surface area contributed by atoms with Crippen LogP contribution >= 0.6 is 0 Å². The lowest BCUT2D eigenvalue weighted by atomic mass is 10.3. The van der Waals surface area contributed by atoms with Crippen LogP contribution in [0, 0.1) is 0 Å². The highest BCUT2D eigenvalue weighted by molar-refractivity contribution is 5.66. The van der Waals surface area contributed by atoms with Gasteiger partial charge in [0.15, 0.2) is 0 Å². The molecule has 1 aliphatic rings. The van der Waals surface area contributed by atoms with Crippen LogP contribution in [0.25, 0.3) is 0 Å². The molecule has 0 radical (unpaired) electrons. The highest BCUT2D eigenvalue weighted by Crippen LogP contribution is 2.02. The molecule has 0 aliphatic carbocycles. The molecule has 0 saturated carbocycles. The van der Waals surface area contributed by atoms with Gasteiger partial charge in [0.2, 0.25) is 0 Å². The molecule has 0 spiro atoms. The Balaban J connectivity index is 1.62. The molecular formula is C12H20N4O2. The van der Waals surface area contributed by atoms with E-state index in [9.17, 15) is 4.79 Å². The van der Waals surface area contributed by atoms with Crippen molar-refractivity contribution in [2.45, 2.75) is 13.0 Å². The summed E-state index contributed by atoms with van der Waals surface area (Å²) in [5.74, 6) is -0.712. The van der Waals surface area contributed by atoms with Crippen molar-refractivity contribution >= 4 is 5.97 Å². The van der Waals surface area contributed by atoms with Gasteiger partial charge in [0.1, 0.15) is 0 Å². The third-order valence-electron chi connectivity index (χ3n) is 3.31. The van der Waals surface area contributed by atoms with Crippen LogP contribution in [0.5, 0.6) is 0 Å². The van der Waals surface area contributed by atoms with Crippen molar-refractivity contribution < 1.29 is 9.90 Å². The number of rotatable bonds is 6.